The monoisotopic (exact) mass is 452 g/mol. The van der Waals surface area contributed by atoms with Crippen LogP contribution in [0.25, 0.3) is 11.2 Å². The summed E-state index contributed by atoms with van der Waals surface area (Å²) in [7, 11) is 1.45. The van der Waals surface area contributed by atoms with Crippen LogP contribution in [0.15, 0.2) is 32.9 Å². The molecule has 0 amide bonds. The lowest BCUT2D eigenvalue weighted by molar-refractivity contribution is -0.000105. The number of anilines is 1. The van der Waals surface area contributed by atoms with Gasteiger partial charge in [0.25, 0.3) is 5.56 Å². The van der Waals surface area contributed by atoms with Crippen molar-refractivity contribution in [2.45, 2.75) is 32.6 Å². The van der Waals surface area contributed by atoms with Crippen LogP contribution in [-0.4, -0.2) is 49.2 Å². The third-order valence-corrected chi connectivity index (χ3v) is 4.71. The van der Waals surface area contributed by atoms with Gasteiger partial charge in [0, 0.05) is 12.6 Å². The zero-order valence-electron chi connectivity index (χ0n) is 17.1. The zero-order valence-corrected chi connectivity index (χ0v) is 17.9. The summed E-state index contributed by atoms with van der Waals surface area (Å²) in [5.74, 6) is -0.499. The summed E-state index contributed by atoms with van der Waals surface area (Å²) in [4.78, 5) is 30.8. The highest BCUT2D eigenvalue weighted by atomic mass is 35.5. The normalized spacial score (nSPS) is 12.9. The first-order valence-corrected chi connectivity index (χ1v) is 9.79. The number of imidazole rings is 1. The molecule has 31 heavy (non-hydrogen) atoms. The number of aliphatic hydroxyl groups is 1. The van der Waals surface area contributed by atoms with Crippen molar-refractivity contribution >= 4 is 34.9 Å². The van der Waals surface area contributed by atoms with Gasteiger partial charge in [-0.25, -0.2) is 14.6 Å². The number of aromatic amines is 1. The van der Waals surface area contributed by atoms with Crippen LogP contribution >= 0.6 is 11.6 Å². The number of hydrogen-bond acceptors (Lipinski definition) is 7. The Morgan fingerprint density at radius 3 is 2.84 bits per heavy atom. The van der Waals surface area contributed by atoms with Crippen LogP contribution in [0.1, 0.15) is 19.4 Å². The topological polar surface area (TPSA) is 127 Å². The van der Waals surface area contributed by atoms with Crippen LogP contribution in [0.3, 0.4) is 0 Å². The van der Waals surface area contributed by atoms with E-state index in [2.05, 4.69) is 20.5 Å². The summed E-state index contributed by atoms with van der Waals surface area (Å²) in [6.45, 7) is 3.61. The summed E-state index contributed by atoms with van der Waals surface area (Å²) in [6.07, 6.45) is 0.108. The van der Waals surface area contributed by atoms with Crippen LogP contribution in [0.2, 0.25) is 5.02 Å². The molecule has 0 aliphatic rings. The van der Waals surface area contributed by atoms with E-state index >= 15 is 0 Å². The van der Waals surface area contributed by atoms with E-state index in [4.69, 9.17) is 16.3 Å². The van der Waals surface area contributed by atoms with Crippen molar-refractivity contribution in [3.63, 3.8) is 0 Å². The van der Waals surface area contributed by atoms with Crippen LogP contribution in [-0.2, 0) is 18.3 Å². The molecule has 12 heteroatoms. The third-order valence-electron chi connectivity index (χ3n) is 4.38. The Bertz CT molecular complexity index is 1210. The number of benzene rings is 1. The fourth-order valence-electron chi connectivity index (χ4n) is 2.85. The van der Waals surface area contributed by atoms with Crippen LogP contribution in [0.4, 0.5) is 10.3 Å². The minimum Gasteiger partial charge on any atom is -0.389 e. The van der Waals surface area contributed by atoms with Gasteiger partial charge in [0.1, 0.15) is 5.82 Å². The van der Waals surface area contributed by atoms with Gasteiger partial charge in [-0.15, -0.1) is 0 Å². The van der Waals surface area contributed by atoms with Gasteiger partial charge in [0.15, 0.2) is 11.2 Å². The smallest absolute Gasteiger partial charge is 0.329 e. The second-order valence-corrected chi connectivity index (χ2v) is 7.48. The van der Waals surface area contributed by atoms with E-state index < -0.39 is 23.2 Å². The average Bonchev–Trinajstić information content (AvgIpc) is 3.05. The highest BCUT2D eigenvalue weighted by Crippen LogP contribution is 2.18. The van der Waals surface area contributed by atoms with Gasteiger partial charge < -0.3 is 14.4 Å². The lowest BCUT2D eigenvalue weighted by Crippen LogP contribution is -2.30. The maximum absolute atomic E-state index is 13.9. The van der Waals surface area contributed by atoms with E-state index in [0.717, 1.165) is 4.57 Å². The Hall–Kier alpha value is -3.02. The summed E-state index contributed by atoms with van der Waals surface area (Å²) in [6, 6.07) is 4.22. The molecule has 3 N–H and O–H groups in total. The molecule has 0 spiro atoms. The Labute approximate surface area is 180 Å². The van der Waals surface area contributed by atoms with E-state index in [1.807, 2.05) is 13.8 Å². The maximum Gasteiger partial charge on any atom is 0.329 e. The van der Waals surface area contributed by atoms with Crippen molar-refractivity contribution in [2.75, 3.05) is 12.0 Å². The number of ether oxygens (including phenoxy) is 1. The second kappa shape index (κ2) is 9.41. The number of aryl methyl sites for hydroxylation is 1. The molecule has 0 bridgehead atoms. The second-order valence-electron chi connectivity index (χ2n) is 7.08. The zero-order chi connectivity index (χ0) is 22.7. The van der Waals surface area contributed by atoms with Gasteiger partial charge in [-0.1, -0.05) is 17.7 Å². The lowest BCUT2D eigenvalue weighted by Gasteiger charge is -2.15. The number of H-pyrrole nitrogens is 1. The third kappa shape index (κ3) is 5.01. The molecule has 166 valence electrons. The highest BCUT2D eigenvalue weighted by Gasteiger charge is 2.20. The van der Waals surface area contributed by atoms with E-state index in [-0.39, 0.29) is 47.0 Å². The number of hydrazone groups is 1. The highest BCUT2D eigenvalue weighted by molar-refractivity contribution is 6.33. The van der Waals surface area contributed by atoms with Gasteiger partial charge in [0.2, 0.25) is 5.95 Å². The molecule has 0 radical (unpaired) electrons. The number of nitrogens with one attached hydrogen (secondary N) is 2. The number of aromatic nitrogens is 4. The Balaban J connectivity index is 2.00. The maximum atomic E-state index is 13.9. The van der Waals surface area contributed by atoms with Crippen LogP contribution < -0.4 is 16.7 Å². The predicted molar refractivity (Wildman–Crippen MR) is 115 cm³/mol. The van der Waals surface area contributed by atoms with Crippen molar-refractivity contribution in [1.82, 2.24) is 19.1 Å². The molecule has 0 aliphatic heterocycles. The van der Waals surface area contributed by atoms with Crippen molar-refractivity contribution < 1.29 is 14.2 Å². The molecule has 2 heterocycles. The largest absolute Gasteiger partial charge is 0.389 e. The number of hydrogen-bond donors (Lipinski definition) is 3. The minimum absolute atomic E-state index is 0.0224. The van der Waals surface area contributed by atoms with Crippen molar-refractivity contribution in [3.8, 4) is 0 Å². The average molecular weight is 453 g/mol. The molecule has 0 saturated heterocycles. The first-order valence-electron chi connectivity index (χ1n) is 9.41. The molecular formula is C19H22ClFN6O4. The fraction of sp³-hybridized carbons (Fsp3) is 0.368. The minimum atomic E-state index is -0.970. The Morgan fingerprint density at radius 2 is 2.16 bits per heavy atom. The molecule has 1 aromatic carbocycles. The Kier molecular flexibility index (Phi) is 6.88. The molecule has 10 nitrogen and oxygen atoms in total. The van der Waals surface area contributed by atoms with Gasteiger partial charge in [-0.3, -0.25) is 14.3 Å². The Morgan fingerprint density at radius 1 is 1.42 bits per heavy atom. The summed E-state index contributed by atoms with van der Waals surface area (Å²) >= 11 is 5.98. The number of fused-ring (bicyclic) bond motifs is 1. The van der Waals surface area contributed by atoms with Crippen molar-refractivity contribution in [1.29, 1.82) is 0 Å². The molecule has 0 saturated carbocycles. The first kappa shape index (κ1) is 22.7. The quantitative estimate of drug-likeness (QED) is 0.351. The number of rotatable bonds is 8. The molecule has 0 aliphatic carbocycles. The van der Waals surface area contributed by atoms with E-state index in [9.17, 15) is 19.1 Å². The fourth-order valence-corrected chi connectivity index (χ4v) is 3.07. The molecule has 3 rings (SSSR count). The van der Waals surface area contributed by atoms with E-state index in [0.29, 0.717) is 0 Å². The first-order chi connectivity index (χ1) is 14.7. The van der Waals surface area contributed by atoms with Gasteiger partial charge in [-0.2, -0.15) is 10.1 Å². The molecule has 1 atom stereocenters. The SMILES string of the molecule is CC(C)OCC(O)Cn1c(N/N=C/c2c(F)cccc2Cl)nc2c1c(=O)[nH]c(=O)n2C. The van der Waals surface area contributed by atoms with Crippen LogP contribution in [0.5, 0.6) is 0 Å². The summed E-state index contributed by atoms with van der Waals surface area (Å²) in [5.41, 5.74) is 1.53. The number of halogens is 2. The summed E-state index contributed by atoms with van der Waals surface area (Å²) in [5, 5.41) is 14.5. The van der Waals surface area contributed by atoms with Gasteiger partial charge in [-0.05, 0) is 26.0 Å². The van der Waals surface area contributed by atoms with Gasteiger partial charge >= 0.3 is 5.69 Å². The molecule has 1 unspecified atom stereocenters. The standard InChI is InChI=1S/C19H22ClFN6O4/c1-10(2)31-9-11(28)8-27-15-16(26(3)19(30)24-17(15)29)23-18(27)25-22-7-12-13(20)5-4-6-14(12)21/h4-7,10-11,28H,8-9H2,1-3H3,(H,23,25)(H,24,29,30)/b22-7+. The predicted octanol–water partition coefficient (Wildman–Crippen LogP) is 1.45. The number of aliphatic hydroxyl groups excluding tert-OH is 1. The number of nitrogens with zero attached hydrogens (tertiary/aromatic N) is 4. The molecule has 2 aromatic heterocycles. The molecular weight excluding hydrogens is 431 g/mol. The van der Waals surface area contributed by atoms with Crippen molar-refractivity contribution in [2.24, 2.45) is 12.1 Å². The van der Waals surface area contributed by atoms with Gasteiger partial charge in [0.05, 0.1) is 36.6 Å². The molecule has 3 aromatic rings. The lowest BCUT2D eigenvalue weighted by atomic mass is 10.2. The molecule has 0 fully saturated rings. The van der Waals surface area contributed by atoms with E-state index in [1.54, 1.807) is 0 Å². The van der Waals surface area contributed by atoms with E-state index in [1.165, 1.54) is 36.0 Å². The summed E-state index contributed by atoms with van der Waals surface area (Å²) < 4.78 is 21.9. The van der Waals surface area contributed by atoms with Crippen LogP contribution in [0, 0.1) is 5.82 Å². The van der Waals surface area contributed by atoms with Crippen molar-refractivity contribution in [3.05, 3.63) is 55.4 Å².